The van der Waals surface area contributed by atoms with Crippen LogP contribution < -0.4 is 10.7 Å². The Morgan fingerprint density at radius 3 is 2.65 bits per heavy atom. The first kappa shape index (κ1) is 22.8. The zero-order valence-corrected chi connectivity index (χ0v) is 18.7. The van der Waals surface area contributed by atoms with E-state index in [-0.39, 0.29) is 10.8 Å². The summed E-state index contributed by atoms with van der Waals surface area (Å²) >= 11 is 1.15. The number of non-ortho nitro benzene ring substituents is 1. The van der Waals surface area contributed by atoms with Crippen LogP contribution in [0.4, 0.5) is 10.8 Å². The van der Waals surface area contributed by atoms with Gasteiger partial charge in [-0.2, -0.15) is 15.4 Å². The van der Waals surface area contributed by atoms with Crippen molar-refractivity contribution < 1.29 is 14.5 Å². The lowest BCUT2D eigenvalue weighted by Crippen LogP contribution is -2.38. The third kappa shape index (κ3) is 4.14. The molecule has 11 heteroatoms. The molecule has 1 aromatic heterocycles. The van der Waals surface area contributed by atoms with Gasteiger partial charge in [0.2, 0.25) is 11.0 Å². The summed E-state index contributed by atoms with van der Waals surface area (Å²) in [6, 6.07) is 16.8. The number of nitrogens with zero attached hydrogens (tertiary/aromatic N) is 5. The van der Waals surface area contributed by atoms with E-state index in [1.165, 1.54) is 12.1 Å². The van der Waals surface area contributed by atoms with Gasteiger partial charge in [0.1, 0.15) is 5.92 Å². The Bertz CT molecular complexity index is 1350. The number of carbonyl (C=O) groups excluding carboxylic acids is 2. The number of carbonyl (C=O) groups is 2. The average molecular weight is 475 g/mol. The standard InChI is InChI=1S/C23H18N6O4S/c1-13-19(20(17(11-24)21(25)30)14-6-3-2-4-7-14)22(31)28(27-13)23-26-18(12-34-23)15-8-5-9-16(10-15)29(32)33/h2-10,12,17,19-20H,1H3,(H2,25,30)/t17-,19-,20+/m0/s1. The summed E-state index contributed by atoms with van der Waals surface area (Å²) in [5.74, 6) is -4.20. The molecule has 4 rings (SSSR count). The molecule has 0 bridgehead atoms. The van der Waals surface area contributed by atoms with Crippen LogP contribution in [0.1, 0.15) is 18.4 Å². The third-order valence-corrected chi connectivity index (χ3v) is 6.37. The lowest BCUT2D eigenvalue weighted by atomic mass is 9.75. The molecule has 1 aliphatic rings. The van der Waals surface area contributed by atoms with Crippen LogP contribution in [-0.2, 0) is 9.59 Å². The average Bonchev–Trinajstić information content (AvgIpc) is 3.42. The van der Waals surface area contributed by atoms with Gasteiger partial charge in [0.15, 0.2) is 0 Å². The number of primary amides is 1. The van der Waals surface area contributed by atoms with Crippen molar-refractivity contribution in [3.63, 3.8) is 0 Å². The molecule has 10 nitrogen and oxygen atoms in total. The highest BCUT2D eigenvalue weighted by Crippen LogP contribution is 2.40. The smallest absolute Gasteiger partial charge is 0.270 e. The van der Waals surface area contributed by atoms with Crippen molar-refractivity contribution in [3.8, 4) is 17.3 Å². The van der Waals surface area contributed by atoms with E-state index in [1.54, 1.807) is 54.8 Å². The monoisotopic (exact) mass is 474 g/mol. The molecule has 0 radical (unpaired) electrons. The molecule has 0 fully saturated rings. The fourth-order valence-electron chi connectivity index (χ4n) is 3.98. The Labute approximate surface area is 198 Å². The zero-order chi connectivity index (χ0) is 24.4. The highest BCUT2D eigenvalue weighted by molar-refractivity contribution is 7.14. The molecule has 170 valence electrons. The molecule has 2 aromatic carbocycles. The summed E-state index contributed by atoms with van der Waals surface area (Å²) in [5, 5.41) is 28.2. The van der Waals surface area contributed by atoms with Crippen LogP contribution in [0.25, 0.3) is 11.3 Å². The molecule has 0 spiro atoms. The Balaban J connectivity index is 1.68. The molecule has 0 saturated heterocycles. The number of nitrogens with two attached hydrogens (primary N) is 1. The normalized spacial score (nSPS) is 17.1. The van der Waals surface area contributed by atoms with E-state index in [0.29, 0.717) is 22.5 Å². The van der Waals surface area contributed by atoms with Crippen LogP contribution in [0.15, 0.2) is 65.1 Å². The molecule has 2 N–H and O–H groups in total. The summed E-state index contributed by atoms with van der Waals surface area (Å²) in [4.78, 5) is 40.6. The van der Waals surface area contributed by atoms with Crippen LogP contribution in [0.3, 0.4) is 0 Å². The number of nitro benzene ring substituents is 1. The number of nitro groups is 1. The maximum atomic E-state index is 13.5. The van der Waals surface area contributed by atoms with Crippen molar-refractivity contribution >= 4 is 39.7 Å². The minimum atomic E-state index is -1.24. The van der Waals surface area contributed by atoms with Crippen molar-refractivity contribution in [2.24, 2.45) is 22.7 Å². The number of aromatic nitrogens is 1. The van der Waals surface area contributed by atoms with Crippen molar-refractivity contribution in [1.29, 1.82) is 5.26 Å². The Morgan fingerprint density at radius 2 is 2.00 bits per heavy atom. The maximum absolute atomic E-state index is 13.5. The van der Waals surface area contributed by atoms with Gasteiger partial charge in [0, 0.05) is 34.7 Å². The molecule has 3 aromatic rings. The van der Waals surface area contributed by atoms with Crippen LogP contribution in [-0.4, -0.2) is 27.4 Å². The van der Waals surface area contributed by atoms with Crippen LogP contribution in [0, 0.1) is 33.3 Å². The van der Waals surface area contributed by atoms with Gasteiger partial charge in [-0.1, -0.05) is 42.5 Å². The minimum absolute atomic E-state index is 0.0714. The summed E-state index contributed by atoms with van der Waals surface area (Å²) in [6.07, 6.45) is 0. The molecule has 0 unspecified atom stereocenters. The van der Waals surface area contributed by atoms with Crippen molar-refractivity contribution in [2.75, 3.05) is 5.01 Å². The summed E-state index contributed by atoms with van der Waals surface area (Å²) in [5.41, 5.74) is 7.47. The molecule has 2 amide bonds. The SMILES string of the molecule is CC1=NN(c2nc(-c3cccc([N+](=O)[O-])c3)cs2)C(=O)[C@@H]1[C@H](c1ccccc1)[C@H](C#N)C(N)=O. The lowest BCUT2D eigenvalue weighted by Gasteiger charge is -2.25. The van der Waals surface area contributed by atoms with E-state index in [4.69, 9.17) is 5.73 Å². The van der Waals surface area contributed by atoms with Gasteiger partial charge >= 0.3 is 0 Å². The molecule has 3 atom stereocenters. The van der Waals surface area contributed by atoms with Crippen molar-refractivity contribution in [3.05, 3.63) is 75.7 Å². The molecule has 0 saturated carbocycles. The second-order valence-corrected chi connectivity index (χ2v) is 8.47. The van der Waals surface area contributed by atoms with E-state index in [2.05, 4.69) is 10.1 Å². The predicted molar refractivity (Wildman–Crippen MR) is 126 cm³/mol. The van der Waals surface area contributed by atoms with E-state index in [0.717, 1.165) is 16.3 Å². The number of nitriles is 1. The first-order chi connectivity index (χ1) is 16.3. The second-order valence-electron chi connectivity index (χ2n) is 7.64. The number of amides is 2. The minimum Gasteiger partial charge on any atom is -0.369 e. The number of hydrogen-bond donors (Lipinski definition) is 1. The van der Waals surface area contributed by atoms with E-state index in [1.807, 2.05) is 6.07 Å². The number of benzene rings is 2. The topological polar surface area (TPSA) is 156 Å². The number of hydrazone groups is 1. The van der Waals surface area contributed by atoms with Crippen molar-refractivity contribution in [2.45, 2.75) is 12.8 Å². The van der Waals surface area contributed by atoms with Crippen LogP contribution >= 0.6 is 11.3 Å². The van der Waals surface area contributed by atoms with Crippen LogP contribution in [0.5, 0.6) is 0 Å². The van der Waals surface area contributed by atoms with E-state index in [9.17, 15) is 25.0 Å². The summed E-state index contributed by atoms with van der Waals surface area (Å²) in [6.45, 7) is 1.66. The molecule has 1 aliphatic heterocycles. The molecule has 34 heavy (non-hydrogen) atoms. The van der Waals surface area contributed by atoms with E-state index < -0.39 is 34.5 Å². The predicted octanol–water partition coefficient (Wildman–Crippen LogP) is 3.47. The summed E-state index contributed by atoms with van der Waals surface area (Å²) < 4.78 is 0. The molecule has 0 aliphatic carbocycles. The zero-order valence-electron chi connectivity index (χ0n) is 17.9. The fourth-order valence-corrected chi connectivity index (χ4v) is 4.76. The Hall–Kier alpha value is -4.43. The highest BCUT2D eigenvalue weighted by atomic mass is 32.1. The second kappa shape index (κ2) is 9.21. The quantitative estimate of drug-likeness (QED) is 0.408. The van der Waals surface area contributed by atoms with E-state index >= 15 is 0 Å². The van der Waals surface area contributed by atoms with Gasteiger partial charge in [0.05, 0.1) is 22.6 Å². The van der Waals surface area contributed by atoms with Gasteiger partial charge in [-0.25, -0.2) is 4.98 Å². The molecular formula is C23H18N6O4S. The largest absolute Gasteiger partial charge is 0.369 e. The number of anilines is 1. The van der Waals surface area contributed by atoms with Gasteiger partial charge in [-0.15, -0.1) is 11.3 Å². The number of rotatable bonds is 7. The Kier molecular flexibility index (Phi) is 6.16. The Morgan fingerprint density at radius 1 is 1.26 bits per heavy atom. The highest BCUT2D eigenvalue weighted by Gasteiger charge is 2.46. The summed E-state index contributed by atoms with van der Waals surface area (Å²) in [7, 11) is 0. The van der Waals surface area contributed by atoms with Gasteiger partial charge in [0.25, 0.3) is 11.6 Å². The lowest BCUT2D eigenvalue weighted by molar-refractivity contribution is -0.384. The van der Waals surface area contributed by atoms with Crippen LogP contribution in [0.2, 0.25) is 0 Å². The molecular weight excluding hydrogens is 456 g/mol. The first-order valence-corrected chi connectivity index (χ1v) is 11.0. The van der Waals surface area contributed by atoms with Gasteiger partial charge in [-0.05, 0) is 12.5 Å². The molecule has 2 heterocycles. The van der Waals surface area contributed by atoms with Gasteiger partial charge in [-0.3, -0.25) is 19.7 Å². The third-order valence-electron chi connectivity index (χ3n) is 5.56. The number of thiazole rings is 1. The fraction of sp³-hybridized carbons (Fsp3) is 0.174. The maximum Gasteiger partial charge on any atom is 0.270 e. The first-order valence-electron chi connectivity index (χ1n) is 10.1. The van der Waals surface area contributed by atoms with Gasteiger partial charge < -0.3 is 5.73 Å². The number of hydrogen-bond acceptors (Lipinski definition) is 8. The van der Waals surface area contributed by atoms with Crippen molar-refractivity contribution in [1.82, 2.24) is 4.98 Å².